The van der Waals surface area contributed by atoms with Crippen LogP contribution in [0.2, 0.25) is 0 Å². The van der Waals surface area contributed by atoms with Gasteiger partial charge in [0.05, 0.1) is 6.10 Å². The van der Waals surface area contributed by atoms with Crippen LogP contribution in [0.15, 0.2) is 12.2 Å². The predicted octanol–water partition coefficient (Wildman–Crippen LogP) is 5.83. The average molecular weight is 267 g/mol. The summed E-state index contributed by atoms with van der Waals surface area (Å²) in [6, 6.07) is 0. The lowest BCUT2D eigenvalue weighted by atomic mass is 10.1. The van der Waals surface area contributed by atoms with Gasteiger partial charge in [-0.05, 0) is 25.7 Å². The average Bonchev–Trinajstić information content (AvgIpc) is 2.42. The van der Waals surface area contributed by atoms with Crippen LogP contribution in [0.4, 0.5) is 0 Å². The van der Waals surface area contributed by atoms with Crippen molar-refractivity contribution in [1.29, 1.82) is 0 Å². The van der Waals surface area contributed by atoms with E-state index in [2.05, 4.69) is 26.0 Å². The Bertz CT molecular complexity index is 186. The molecule has 0 aliphatic heterocycles. The quantitative estimate of drug-likeness (QED) is 0.310. The summed E-state index contributed by atoms with van der Waals surface area (Å²) < 4.78 is 0. The fraction of sp³-hybridized carbons (Fsp3) is 0.833. The molecule has 1 nitrogen and oxygen atoms in total. The second-order valence-corrected chi connectivity index (χ2v) is 5.62. The molecule has 0 spiro atoms. The van der Waals surface area contributed by atoms with E-state index in [1.165, 1.54) is 64.2 Å². The van der Waals surface area contributed by atoms with E-state index in [4.69, 9.17) is 0 Å². The van der Waals surface area contributed by atoms with Crippen molar-refractivity contribution in [2.24, 2.45) is 0 Å². The molecule has 0 aliphatic carbocycles. The molecule has 19 heavy (non-hydrogen) atoms. The van der Waals surface area contributed by atoms with Gasteiger partial charge in [0.1, 0.15) is 0 Å². The molecule has 1 heteroatoms. The monoisotopic (exact) mass is 267 g/mol. The van der Waals surface area contributed by atoms with Crippen LogP contribution in [0.25, 0.3) is 0 Å². The molecular formula is C18H35O. The SMILES string of the molecule is [CH2]CCCCCCC/C=C\CC(O)CCCCCC. The van der Waals surface area contributed by atoms with E-state index < -0.39 is 0 Å². The van der Waals surface area contributed by atoms with Crippen molar-refractivity contribution in [2.45, 2.75) is 96.5 Å². The zero-order chi connectivity index (χ0) is 14.2. The van der Waals surface area contributed by atoms with Crippen molar-refractivity contribution in [3.05, 3.63) is 19.1 Å². The lowest BCUT2D eigenvalue weighted by Crippen LogP contribution is -2.04. The van der Waals surface area contributed by atoms with Gasteiger partial charge in [-0.1, -0.05) is 83.8 Å². The third-order valence-corrected chi connectivity index (χ3v) is 3.59. The summed E-state index contributed by atoms with van der Waals surface area (Å²) in [6.07, 6.45) is 20.0. The van der Waals surface area contributed by atoms with Crippen LogP contribution in [-0.4, -0.2) is 11.2 Å². The van der Waals surface area contributed by atoms with Crippen LogP contribution in [-0.2, 0) is 0 Å². The summed E-state index contributed by atoms with van der Waals surface area (Å²) in [5, 5.41) is 9.79. The number of unbranched alkanes of at least 4 members (excludes halogenated alkanes) is 9. The first-order valence-electron chi connectivity index (χ1n) is 8.43. The van der Waals surface area contributed by atoms with Gasteiger partial charge in [-0.3, -0.25) is 0 Å². The topological polar surface area (TPSA) is 20.2 Å². The minimum atomic E-state index is -0.120. The third kappa shape index (κ3) is 15.6. The number of rotatable bonds is 14. The molecule has 0 aromatic rings. The summed E-state index contributed by atoms with van der Waals surface area (Å²) in [5.74, 6) is 0. The highest BCUT2D eigenvalue weighted by atomic mass is 16.3. The second kappa shape index (κ2) is 15.8. The Morgan fingerprint density at radius 1 is 0.895 bits per heavy atom. The second-order valence-electron chi connectivity index (χ2n) is 5.62. The lowest BCUT2D eigenvalue weighted by Gasteiger charge is -2.07. The summed E-state index contributed by atoms with van der Waals surface area (Å²) in [7, 11) is 0. The van der Waals surface area contributed by atoms with Crippen molar-refractivity contribution in [3.63, 3.8) is 0 Å². The number of hydrogen-bond donors (Lipinski definition) is 1. The highest BCUT2D eigenvalue weighted by Gasteiger charge is 2.00. The molecule has 0 rings (SSSR count). The van der Waals surface area contributed by atoms with E-state index in [0.717, 1.165) is 19.3 Å². The normalized spacial score (nSPS) is 13.2. The van der Waals surface area contributed by atoms with Crippen LogP contribution < -0.4 is 0 Å². The molecule has 0 saturated carbocycles. The van der Waals surface area contributed by atoms with Crippen LogP contribution in [0.5, 0.6) is 0 Å². The predicted molar refractivity (Wildman–Crippen MR) is 86.2 cm³/mol. The van der Waals surface area contributed by atoms with Crippen molar-refractivity contribution in [1.82, 2.24) is 0 Å². The Hall–Kier alpha value is -0.300. The Kier molecular flexibility index (Phi) is 15.5. The molecule has 1 N–H and O–H groups in total. The molecule has 113 valence electrons. The molecule has 0 aromatic heterocycles. The molecule has 0 fully saturated rings. The highest BCUT2D eigenvalue weighted by Crippen LogP contribution is 2.10. The minimum Gasteiger partial charge on any atom is -0.393 e. The van der Waals surface area contributed by atoms with Gasteiger partial charge in [0.25, 0.3) is 0 Å². The van der Waals surface area contributed by atoms with Crippen molar-refractivity contribution in [2.75, 3.05) is 0 Å². The standard InChI is InChI=1S/C18H35O/c1-3-5-7-9-10-11-12-13-15-17-18(19)16-14-8-6-4-2/h13,15,18-19H,1,3-12,14,16-17H2,2H3/b15-13-. The maximum absolute atomic E-state index is 9.79. The van der Waals surface area contributed by atoms with Gasteiger partial charge in [-0.15, -0.1) is 0 Å². The molecule has 1 atom stereocenters. The van der Waals surface area contributed by atoms with E-state index in [1.54, 1.807) is 0 Å². The highest BCUT2D eigenvalue weighted by molar-refractivity contribution is 4.83. The van der Waals surface area contributed by atoms with E-state index in [9.17, 15) is 5.11 Å². The summed E-state index contributed by atoms with van der Waals surface area (Å²) >= 11 is 0. The summed E-state index contributed by atoms with van der Waals surface area (Å²) in [5.41, 5.74) is 0. The van der Waals surface area contributed by atoms with Crippen molar-refractivity contribution >= 4 is 0 Å². The van der Waals surface area contributed by atoms with Crippen molar-refractivity contribution < 1.29 is 5.11 Å². The van der Waals surface area contributed by atoms with E-state index in [-0.39, 0.29) is 6.10 Å². The molecule has 0 heterocycles. The molecule has 1 radical (unpaired) electrons. The molecule has 0 saturated heterocycles. The van der Waals surface area contributed by atoms with Gasteiger partial charge in [0, 0.05) is 0 Å². The van der Waals surface area contributed by atoms with Gasteiger partial charge in [0.15, 0.2) is 0 Å². The van der Waals surface area contributed by atoms with Gasteiger partial charge in [0.2, 0.25) is 0 Å². The smallest absolute Gasteiger partial charge is 0.0574 e. The Morgan fingerprint density at radius 2 is 1.58 bits per heavy atom. The van der Waals surface area contributed by atoms with Crippen LogP contribution in [0, 0.1) is 6.92 Å². The molecule has 0 bridgehead atoms. The molecule has 0 aliphatic rings. The third-order valence-electron chi connectivity index (χ3n) is 3.59. The fourth-order valence-electron chi connectivity index (χ4n) is 2.27. The number of aliphatic hydroxyl groups is 1. The van der Waals surface area contributed by atoms with E-state index in [1.807, 2.05) is 0 Å². The van der Waals surface area contributed by atoms with E-state index in [0.29, 0.717) is 0 Å². The van der Waals surface area contributed by atoms with Crippen LogP contribution >= 0.6 is 0 Å². The van der Waals surface area contributed by atoms with Crippen molar-refractivity contribution in [3.8, 4) is 0 Å². The molecular weight excluding hydrogens is 232 g/mol. The largest absolute Gasteiger partial charge is 0.393 e. The number of allylic oxidation sites excluding steroid dienone is 1. The van der Waals surface area contributed by atoms with Crippen LogP contribution in [0.1, 0.15) is 90.4 Å². The Morgan fingerprint density at radius 3 is 2.32 bits per heavy atom. The minimum absolute atomic E-state index is 0.120. The summed E-state index contributed by atoms with van der Waals surface area (Å²) in [6.45, 7) is 6.08. The van der Waals surface area contributed by atoms with Gasteiger partial charge in [-0.25, -0.2) is 0 Å². The Balaban J connectivity index is 3.22. The number of hydrogen-bond acceptors (Lipinski definition) is 1. The van der Waals surface area contributed by atoms with Gasteiger partial charge < -0.3 is 5.11 Å². The maximum atomic E-state index is 9.79. The zero-order valence-corrected chi connectivity index (χ0v) is 13.1. The molecule has 1 unspecified atom stereocenters. The zero-order valence-electron chi connectivity index (χ0n) is 13.1. The first-order chi connectivity index (χ1) is 9.31. The first kappa shape index (κ1) is 18.7. The summed E-state index contributed by atoms with van der Waals surface area (Å²) in [4.78, 5) is 0. The fourth-order valence-corrected chi connectivity index (χ4v) is 2.27. The van der Waals surface area contributed by atoms with Crippen LogP contribution in [0.3, 0.4) is 0 Å². The number of aliphatic hydroxyl groups excluding tert-OH is 1. The Labute approximate surface area is 121 Å². The molecule has 0 amide bonds. The lowest BCUT2D eigenvalue weighted by molar-refractivity contribution is 0.163. The molecule has 0 aromatic carbocycles. The van der Waals surface area contributed by atoms with Gasteiger partial charge >= 0.3 is 0 Å². The maximum Gasteiger partial charge on any atom is 0.0574 e. The first-order valence-corrected chi connectivity index (χ1v) is 8.43. The van der Waals surface area contributed by atoms with E-state index >= 15 is 0 Å². The van der Waals surface area contributed by atoms with Gasteiger partial charge in [-0.2, -0.15) is 0 Å².